The molecular formula is C29H26Cl2N4O5. The second-order valence-corrected chi connectivity index (χ2v) is 12.0. The van der Waals surface area contributed by atoms with Crippen molar-refractivity contribution in [3.05, 3.63) is 69.4 Å². The van der Waals surface area contributed by atoms with Crippen molar-refractivity contribution in [2.24, 2.45) is 0 Å². The quantitative estimate of drug-likeness (QED) is 0.229. The second kappa shape index (κ2) is 9.68. The predicted molar refractivity (Wildman–Crippen MR) is 145 cm³/mol. The van der Waals surface area contributed by atoms with E-state index in [4.69, 9.17) is 42.0 Å². The number of aromatic carboxylic acids is 1. The first kappa shape index (κ1) is 25.7. The lowest BCUT2D eigenvalue weighted by Crippen LogP contribution is -2.50. The maximum atomic E-state index is 11.3. The highest BCUT2D eigenvalue weighted by atomic mass is 35.5. The Morgan fingerprint density at radius 1 is 1.02 bits per heavy atom. The maximum absolute atomic E-state index is 11.3. The van der Waals surface area contributed by atoms with Gasteiger partial charge in [-0.25, -0.2) is 9.78 Å². The molecular weight excluding hydrogens is 555 g/mol. The van der Waals surface area contributed by atoms with E-state index < -0.39 is 5.97 Å². The van der Waals surface area contributed by atoms with E-state index in [0.29, 0.717) is 51.1 Å². The molecule has 4 aromatic rings. The van der Waals surface area contributed by atoms with E-state index in [-0.39, 0.29) is 16.7 Å². The fourth-order valence-corrected chi connectivity index (χ4v) is 6.79. The number of hydrogen-bond acceptors (Lipinski definition) is 8. The number of ether oxygens (including phenoxy) is 1. The Hall–Kier alpha value is -3.27. The van der Waals surface area contributed by atoms with Crippen molar-refractivity contribution in [3.8, 4) is 22.7 Å². The van der Waals surface area contributed by atoms with Crippen LogP contribution in [0.3, 0.4) is 0 Å². The molecule has 0 spiro atoms. The zero-order valence-corrected chi connectivity index (χ0v) is 23.0. The monoisotopic (exact) mass is 580 g/mol. The summed E-state index contributed by atoms with van der Waals surface area (Å²) in [5.74, 6) is 1.12. The van der Waals surface area contributed by atoms with Crippen molar-refractivity contribution < 1.29 is 23.7 Å². The maximum Gasteiger partial charge on any atom is 0.354 e. The first-order chi connectivity index (χ1) is 19.4. The number of hydrogen-bond donors (Lipinski definition) is 1. The number of halogens is 2. The van der Waals surface area contributed by atoms with E-state index in [9.17, 15) is 9.90 Å². The van der Waals surface area contributed by atoms with Gasteiger partial charge in [0.2, 0.25) is 0 Å². The van der Waals surface area contributed by atoms with Gasteiger partial charge in [0.1, 0.15) is 17.1 Å². The van der Waals surface area contributed by atoms with Crippen molar-refractivity contribution >= 4 is 29.2 Å². The molecule has 206 valence electrons. The molecule has 0 saturated heterocycles. The van der Waals surface area contributed by atoms with Crippen LogP contribution in [0, 0.1) is 0 Å². The van der Waals surface area contributed by atoms with E-state index in [1.54, 1.807) is 6.07 Å². The van der Waals surface area contributed by atoms with Crippen LogP contribution in [-0.4, -0.2) is 37.0 Å². The number of carboxylic acids is 1. The van der Waals surface area contributed by atoms with Crippen molar-refractivity contribution in [2.75, 3.05) is 0 Å². The topological polar surface area (TPSA) is 124 Å². The number of carboxylic acid groups (broad SMARTS) is 1. The van der Waals surface area contributed by atoms with Crippen molar-refractivity contribution in [3.63, 3.8) is 0 Å². The van der Waals surface area contributed by atoms with E-state index in [2.05, 4.69) is 15.3 Å². The van der Waals surface area contributed by atoms with Gasteiger partial charge in [0.05, 0.1) is 22.3 Å². The minimum Gasteiger partial charge on any atom is -0.477 e. The van der Waals surface area contributed by atoms with Crippen LogP contribution in [0.25, 0.3) is 22.7 Å². The Balaban J connectivity index is 1.09. The molecule has 1 N–H and O–H groups in total. The molecule has 0 atom stereocenters. The highest BCUT2D eigenvalue weighted by molar-refractivity contribution is 6.39. The van der Waals surface area contributed by atoms with Crippen LogP contribution in [0.1, 0.15) is 84.9 Å². The molecule has 4 saturated carbocycles. The normalized spacial score (nSPS) is 23.9. The number of nitrogens with zero attached hydrogens (tertiary/aromatic N) is 4. The number of carbonyl (C=O) groups is 1. The molecule has 8 rings (SSSR count). The van der Waals surface area contributed by atoms with Crippen molar-refractivity contribution in [1.29, 1.82) is 0 Å². The molecule has 4 aliphatic carbocycles. The Morgan fingerprint density at radius 3 is 2.42 bits per heavy atom. The fourth-order valence-electron chi connectivity index (χ4n) is 6.21. The lowest BCUT2D eigenvalue weighted by molar-refractivity contribution is -0.128. The van der Waals surface area contributed by atoms with Crippen LogP contribution >= 0.6 is 23.2 Å². The molecule has 4 fully saturated rings. The largest absolute Gasteiger partial charge is 0.477 e. The van der Waals surface area contributed by atoms with Crippen LogP contribution in [0.2, 0.25) is 10.0 Å². The fraction of sp³-hybridized carbons (Fsp3) is 0.414. The van der Waals surface area contributed by atoms with Gasteiger partial charge >= 0.3 is 5.97 Å². The molecule has 0 unspecified atom stereocenters. The molecule has 0 radical (unpaired) electrons. The van der Waals surface area contributed by atoms with Crippen LogP contribution in [-0.2, 0) is 16.8 Å². The molecule has 1 aromatic carbocycles. The molecule has 40 heavy (non-hydrogen) atoms. The second-order valence-electron chi connectivity index (χ2n) is 11.2. The lowest BCUT2D eigenvalue weighted by Gasteiger charge is -2.51. The molecule has 11 heteroatoms. The molecule has 9 nitrogen and oxygen atoms in total. The molecule has 3 aromatic heterocycles. The Labute approximate surface area is 239 Å². The molecule has 0 aliphatic heterocycles. The van der Waals surface area contributed by atoms with E-state index in [0.717, 1.165) is 62.7 Å². The van der Waals surface area contributed by atoms with Gasteiger partial charge in [-0.2, -0.15) is 4.98 Å². The average Bonchev–Trinajstić information content (AvgIpc) is 3.53. The number of benzene rings is 1. The SMILES string of the molecule is O=C(O)c1cc(-c2nc(C34CCC(OCc5c(-c6c(Cl)cccc6Cl)noc5C5CC5)(CC3)CC4)no2)ccn1. The third-order valence-corrected chi connectivity index (χ3v) is 9.42. The summed E-state index contributed by atoms with van der Waals surface area (Å²) in [6.07, 6.45) is 8.86. The summed E-state index contributed by atoms with van der Waals surface area (Å²) in [5, 5.41) is 19.1. The molecule has 3 heterocycles. The molecule has 4 aliphatic rings. The first-order valence-electron chi connectivity index (χ1n) is 13.5. The zero-order chi connectivity index (χ0) is 27.5. The van der Waals surface area contributed by atoms with Crippen molar-refractivity contribution in [2.45, 2.75) is 74.9 Å². The van der Waals surface area contributed by atoms with Gasteiger partial charge < -0.3 is 18.9 Å². The zero-order valence-electron chi connectivity index (χ0n) is 21.5. The number of rotatable bonds is 8. The van der Waals surface area contributed by atoms with Gasteiger partial charge in [-0.3, -0.25) is 0 Å². The Morgan fingerprint density at radius 2 is 1.75 bits per heavy atom. The smallest absolute Gasteiger partial charge is 0.354 e. The van der Waals surface area contributed by atoms with E-state index in [1.165, 1.54) is 12.3 Å². The first-order valence-corrected chi connectivity index (χ1v) is 14.2. The minimum atomic E-state index is -1.10. The lowest BCUT2D eigenvalue weighted by atomic mass is 9.58. The summed E-state index contributed by atoms with van der Waals surface area (Å²) in [6.45, 7) is 0.388. The van der Waals surface area contributed by atoms with Gasteiger partial charge in [-0.05, 0) is 75.6 Å². The Kier molecular flexibility index (Phi) is 6.21. The van der Waals surface area contributed by atoms with Crippen LogP contribution in [0.15, 0.2) is 45.6 Å². The molecule has 2 bridgehead atoms. The van der Waals surface area contributed by atoms with Crippen LogP contribution in [0.5, 0.6) is 0 Å². The highest BCUT2D eigenvalue weighted by Gasteiger charge is 2.52. The van der Waals surface area contributed by atoms with Crippen LogP contribution in [0.4, 0.5) is 0 Å². The standard InChI is InChI=1S/C29H26Cl2N4O5/c30-19-2-1-3-20(31)22(19)23-18(24(39-34-23)16-4-5-16)15-38-29-10-7-28(8-11-29,9-12-29)27-33-25(40-35-27)17-6-13-32-21(14-17)26(36)37/h1-3,6,13-14,16H,4-5,7-12,15H2,(H,36,37). The Bertz CT molecular complexity index is 1570. The van der Waals surface area contributed by atoms with Crippen LogP contribution < -0.4 is 0 Å². The summed E-state index contributed by atoms with van der Waals surface area (Å²) >= 11 is 13.1. The van der Waals surface area contributed by atoms with E-state index >= 15 is 0 Å². The number of fused-ring (bicyclic) bond motifs is 3. The average molecular weight is 581 g/mol. The summed E-state index contributed by atoms with van der Waals surface area (Å²) in [5.41, 5.74) is 2.34. The van der Waals surface area contributed by atoms with Gasteiger partial charge in [0.25, 0.3) is 5.89 Å². The number of aromatic nitrogens is 4. The van der Waals surface area contributed by atoms with Gasteiger partial charge in [0, 0.05) is 34.2 Å². The summed E-state index contributed by atoms with van der Waals surface area (Å²) in [4.78, 5) is 19.9. The van der Waals surface area contributed by atoms with Crippen molar-refractivity contribution in [1.82, 2.24) is 20.3 Å². The molecule has 0 amide bonds. The highest BCUT2D eigenvalue weighted by Crippen LogP contribution is 2.55. The summed E-state index contributed by atoms with van der Waals surface area (Å²) < 4.78 is 18.1. The predicted octanol–water partition coefficient (Wildman–Crippen LogP) is 7.23. The number of pyridine rings is 1. The third kappa shape index (κ3) is 4.40. The minimum absolute atomic E-state index is 0.0645. The van der Waals surface area contributed by atoms with Gasteiger partial charge in [-0.15, -0.1) is 0 Å². The third-order valence-electron chi connectivity index (χ3n) is 8.79. The summed E-state index contributed by atoms with van der Waals surface area (Å²) in [6, 6.07) is 8.55. The van der Waals surface area contributed by atoms with Gasteiger partial charge in [0.15, 0.2) is 5.82 Å². The van der Waals surface area contributed by atoms with Gasteiger partial charge in [-0.1, -0.05) is 39.6 Å². The van der Waals surface area contributed by atoms with E-state index in [1.807, 2.05) is 18.2 Å². The summed E-state index contributed by atoms with van der Waals surface area (Å²) in [7, 11) is 0.